The summed E-state index contributed by atoms with van der Waals surface area (Å²) in [5.74, 6) is -0.951. The van der Waals surface area contributed by atoms with Crippen molar-refractivity contribution in [2.24, 2.45) is 11.8 Å². The number of likely N-dealkylation sites (tertiary alicyclic amines) is 1. The number of rotatable bonds is 5. The highest BCUT2D eigenvalue weighted by molar-refractivity contribution is 5.90. The van der Waals surface area contributed by atoms with E-state index in [1.54, 1.807) is 0 Å². The lowest BCUT2D eigenvalue weighted by Gasteiger charge is -2.14. The van der Waals surface area contributed by atoms with Crippen molar-refractivity contribution >= 4 is 17.6 Å². The average molecular weight is 276 g/mol. The lowest BCUT2D eigenvalue weighted by atomic mass is 9.99. The van der Waals surface area contributed by atoms with Gasteiger partial charge in [-0.05, 0) is 18.1 Å². The molecule has 1 aromatic carbocycles. The molecule has 1 heterocycles. The van der Waals surface area contributed by atoms with E-state index in [0.29, 0.717) is 19.5 Å². The van der Waals surface area contributed by atoms with Crippen LogP contribution in [0.25, 0.3) is 0 Å². The molecule has 20 heavy (non-hydrogen) atoms. The number of para-hydroxylation sites is 1. The summed E-state index contributed by atoms with van der Waals surface area (Å²) < 4.78 is 0. The number of carboxylic acids is 1. The summed E-state index contributed by atoms with van der Waals surface area (Å²) in [6, 6.07) is 9.32. The van der Waals surface area contributed by atoms with Gasteiger partial charge in [-0.3, -0.25) is 9.59 Å². The minimum atomic E-state index is -0.742. The van der Waals surface area contributed by atoms with Crippen LogP contribution >= 0.6 is 0 Å². The van der Waals surface area contributed by atoms with Gasteiger partial charge in [-0.15, -0.1) is 0 Å². The highest BCUT2D eigenvalue weighted by atomic mass is 16.4. The highest BCUT2D eigenvalue weighted by Gasteiger charge is 2.34. The zero-order valence-electron chi connectivity index (χ0n) is 11.6. The molecule has 5 nitrogen and oxygen atoms in total. The Morgan fingerprint density at radius 3 is 2.60 bits per heavy atom. The Labute approximate surface area is 118 Å². The van der Waals surface area contributed by atoms with Crippen LogP contribution in [0.5, 0.6) is 0 Å². The van der Waals surface area contributed by atoms with Crippen molar-refractivity contribution in [2.45, 2.75) is 13.3 Å². The van der Waals surface area contributed by atoms with Crippen molar-refractivity contribution in [2.75, 3.05) is 25.0 Å². The third-order valence-corrected chi connectivity index (χ3v) is 3.72. The van der Waals surface area contributed by atoms with E-state index in [1.807, 2.05) is 42.2 Å². The summed E-state index contributed by atoms with van der Waals surface area (Å²) in [4.78, 5) is 24.9. The zero-order valence-corrected chi connectivity index (χ0v) is 11.6. The molecule has 0 saturated carbocycles. The van der Waals surface area contributed by atoms with Crippen molar-refractivity contribution in [3.8, 4) is 0 Å². The van der Waals surface area contributed by atoms with E-state index in [1.165, 1.54) is 0 Å². The van der Waals surface area contributed by atoms with Crippen LogP contribution in [0.1, 0.15) is 13.3 Å². The fraction of sp³-hybridized carbons (Fsp3) is 0.467. The molecule has 0 spiro atoms. The van der Waals surface area contributed by atoms with Crippen LogP contribution in [0.15, 0.2) is 30.3 Å². The number of hydrogen-bond donors (Lipinski definition) is 2. The molecule has 0 radical (unpaired) electrons. The molecule has 2 N–H and O–H groups in total. The Hall–Kier alpha value is -1.88. The van der Waals surface area contributed by atoms with Gasteiger partial charge in [-0.25, -0.2) is 0 Å². The lowest BCUT2D eigenvalue weighted by molar-refractivity contribution is -0.142. The van der Waals surface area contributed by atoms with Crippen LogP contribution in [0.3, 0.4) is 0 Å². The van der Waals surface area contributed by atoms with Crippen molar-refractivity contribution < 1.29 is 14.7 Å². The highest BCUT2D eigenvalue weighted by Crippen LogP contribution is 2.23. The van der Waals surface area contributed by atoms with E-state index in [2.05, 4.69) is 5.32 Å². The number of carbonyl (C=O) groups excluding carboxylic acids is 1. The van der Waals surface area contributed by atoms with Gasteiger partial charge < -0.3 is 15.3 Å². The SMILES string of the molecule is C[C@@H]1CN(CCC(=O)Nc2ccccc2)C[C@H]1C(=O)O. The number of carbonyl (C=O) groups is 2. The number of nitrogens with zero attached hydrogens (tertiary/aromatic N) is 1. The monoisotopic (exact) mass is 276 g/mol. The molecule has 0 aliphatic carbocycles. The van der Waals surface area contributed by atoms with Crippen molar-refractivity contribution in [1.29, 1.82) is 0 Å². The number of hydrogen-bond acceptors (Lipinski definition) is 3. The van der Waals surface area contributed by atoms with E-state index in [9.17, 15) is 9.59 Å². The predicted molar refractivity (Wildman–Crippen MR) is 76.4 cm³/mol. The van der Waals surface area contributed by atoms with Crippen LogP contribution in [0, 0.1) is 11.8 Å². The topological polar surface area (TPSA) is 69.6 Å². The Kier molecular flexibility index (Phi) is 4.74. The minimum absolute atomic E-state index is 0.0392. The third-order valence-electron chi connectivity index (χ3n) is 3.72. The second-order valence-corrected chi connectivity index (χ2v) is 5.35. The van der Waals surface area contributed by atoms with Crippen LogP contribution in [-0.2, 0) is 9.59 Å². The molecule has 1 amide bonds. The number of aliphatic carboxylic acids is 1. The van der Waals surface area contributed by atoms with Gasteiger partial charge in [0.1, 0.15) is 0 Å². The molecule has 0 unspecified atom stereocenters. The predicted octanol–water partition coefficient (Wildman–Crippen LogP) is 1.67. The molecule has 108 valence electrons. The van der Waals surface area contributed by atoms with Crippen LogP contribution < -0.4 is 5.32 Å². The molecule has 1 aromatic rings. The summed E-state index contributed by atoms with van der Waals surface area (Å²) in [7, 11) is 0. The number of nitrogens with one attached hydrogen (secondary N) is 1. The number of amides is 1. The fourth-order valence-corrected chi connectivity index (χ4v) is 2.58. The smallest absolute Gasteiger partial charge is 0.308 e. The van der Waals surface area contributed by atoms with Gasteiger partial charge in [0.05, 0.1) is 5.92 Å². The van der Waals surface area contributed by atoms with Gasteiger partial charge in [-0.1, -0.05) is 25.1 Å². The van der Waals surface area contributed by atoms with E-state index >= 15 is 0 Å². The number of carboxylic acid groups (broad SMARTS) is 1. The molecule has 1 saturated heterocycles. The molecule has 1 aliphatic heterocycles. The molecule has 2 rings (SSSR count). The first-order chi connectivity index (χ1) is 9.56. The van der Waals surface area contributed by atoms with E-state index < -0.39 is 5.97 Å². The van der Waals surface area contributed by atoms with Crippen LogP contribution in [0.4, 0.5) is 5.69 Å². The van der Waals surface area contributed by atoms with Gasteiger partial charge in [-0.2, -0.15) is 0 Å². The van der Waals surface area contributed by atoms with Gasteiger partial charge >= 0.3 is 5.97 Å². The van der Waals surface area contributed by atoms with Gasteiger partial charge in [0, 0.05) is 31.7 Å². The zero-order chi connectivity index (χ0) is 14.5. The summed E-state index contributed by atoms with van der Waals surface area (Å²) >= 11 is 0. The quantitative estimate of drug-likeness (QED) is 0.858. The second kappa shape index (κ2) is 6.52. The largest absolute Gasteiger partial charge is 0.481 e. The van der Waals surface area contributed by atoms with Crippen molar-refractivity contribution in [1.82, 2.24) is 4.90 Å². The fourth-order valence-electron chi connectivity index (χ4n) is 2.58. The average Bonchev–Trinajstić information content (AvgIpc) is 2.79. The Morgan fingerprint density at radius 1 is 1.30 bits per heavy atom. The first-order valence-corrected chi connectivity index (χ1v) is 6.86. The first-order valence-electron chi connectivity index (χ1n) is 6.86. The third kappa shape index (κ3) is 3.81. The van der Waals surface area contributed by atoms with E-state index in [-0.39, 0.29) is 17.7 Å². The van der Waals surface area contributed by atoms with E-state index in [0.717, 1.165) is 12.2 Å². The van der Waals surface area contributed by atoms with Gasteiger partial charge in [0.2, 0.25) is 5.91 Å². The molecule has 1 aliphatic rings. The van der Waals surface area contributed by atoms with Gasteiger partial charge in [0.15, 0.2) is 0 Å². The molecular formula is C15H20N2O3. The molecule has 0 aromatic heterocycles. The Balaban J connectivity index is 1.76. The lowest BCUT2D eigenvalue weighted by Crippen LogP contribution is -2.27. The van der Waals surface area contributed by atoms with Crippen LogP contribution in [-0.4, -0.2) is 41.5 Å². The molecule has 2 atom stereocenters. The maximum absolute atomic E-state index is 11.8. The maximum atomic E-state index is 11.8. The standard InChI is InChI=1S/C15H20N2O3/c1-11-9-17(10-13(11)15(19)20)8-7-14(18)16-12-5-3-2-4-6-12/h2-6,11,13H,7-10H2,1H3,(H,16,18)(H,19,20)/t11-,13-/m1/s1. The molecular weight excluding hydrogens is 256 g/mol. The second-order valence-electron chi connectivity index (χ2n) is 5.35. The molecule has 5 heteroatoms. The summed E-state index contributed by atoms with van der Waals surface area (Å²) in [6.07, 6.45) is 0.383. The Morgan fingerprint density at radius 2 is 2.00 bits per heavy atom. The number of anilines is 1. The van der Waals surface area contributed by atoms with E-state index in [4.69, 9.17) is 5.11 Å². The normalized spacial score (nSPS) is 22.6. The maximum Gasteiger partial charge on any atom is 0.308 e. The molecule has 1 fully saturated rings. The number of benzene rings is 1. The molecule has 0 bridgehead atoms. The summed E-state index contributed by atoms with van der Waals surface area (Å²) in [6.45, 7) is 3.83. The first kappa shape index (κ1) is 14.5. The van der Waals surface area contributed by atoms with Gasteiger partial charge in [0.25, 0.3) is 0 Å². The minimum Gasteiger partial charge on any atom is -0.481 e. The summed E-state index contributed by atoms with van der Waals surface area (Å²) in [5, 5.41) is 11.9. The Bertz CT molecular complexity index is 475. The summed E-state index contributed by atoms with van der Waals surface area (Å²) in [5.41, 5.74) is 0.788. The van der Waals surface area contributed by atoms with Crippen LogP contribution in [0.2, 0.25) is 0 Å². The van der Waals surface area contributed by atoms with Crippen molar-refractivity contribution in [3.63, 3.8) is 0 Å². The van der Waals surface area contributed by atoms with Crippen molar-refractivity contribution in [3.05, 3.63) is 30.3 Å².